The van der Waals surface area contributed by atoms with E-state index in [2.05, 4.69) is 5.32 Å². The van der Waals surface area contributed by atoms with Crippen LogP contribution in [0.5, 0.6) is 0 Å². The number of nitriles is 2. The van der Waals surface area contributed by atoms with E-state index < -0.39 is 52.0 Å². The molecule has 2 aromatic rings. The predicted molar refractivity (Wildman–Crippen MR) is 141 cm³/mol. The Kier molecular flexibility index (Phi) is 8.00. The first-order chi connectivity index (χ1) is 19.7. The minimum Gasteiger partial charge on any atom is -0.353 e. The molecule has 0 bridgehead atoms. The molecule has 2 aliphatic heterocycles. The second-order valence-electron chi connectivity index (χ2n) is 9.61. The Balaban J connectivity index is 1.94. The molecule has 0 saturated carbocycles. The van der Waals surface area contributed by atoms with Gasteiger partial charge >= 0.3 is 12.2 Å². The molecule has 42 heavy (non-hydrogen) atoms. The van der Waals surface area contributed by atoms with Gasteiger partial charge in [-0.05, 0) is 42.8 Å². The molecular formula is C27H23F3N6O5S. The molecule has 2 aliphatic rings. The zero-order valence-corrected chi connectivity index (χ0v) is 23.1. The number of hydrogen-bond donors (Lipinski definition) is 1. The van der Waals surface area contributed by atoms with Crippen molar-refractivity contribution < 1.29 is 36.0 Å². The number of carbonyl (C=O) groups excluding carboxylic acids is 3. The molecule has 2 heterocycles. The topological polar surface area (TPSA) is 155 Å². The van der Waals surface area contributed by atoms with Crippen LogP contribution >= 0.6 is 0 Å². The van der Waals surface area contributed by atoms with Gasteiger partial charge in [-0.2, -0.15) is 23.7 Å². The summed E-state index contributed by atoms with van der Waals surface area (Å²) in [5.41, 5.74) is -1.71. The third-order valence-electron chi connectivity index (χ3n) is 6.83. The van der Waals surface area contributed by atoms with Crippen LogP contribution in [0.2, 0.25) is 0 Å². The molecule has 1 N–H and O–H groups in total. The SMILES string of the molecule is CC1=C(C#N)C(c2ccc(C#N)cc2S(C)(=O)=O)N(CC(=O)N2CCNC(=O)C2)C(=O)N1c1cccc(C(F)(F)F)c1. The number of alkyl halides is 3. The van der Waals surface area contributed by atoms with Crippen molar-refractivity contribution in [2.24, 2.45) is 0 Å². The number of benzene rings is 2. The molecule has 1 saturated heterocycles. The summed E-state index contributed by atoms with van der Waals surface area (Å²) in [5, 5.41) is 22.2. The van der Waals surface area contributed by atoms with Crippen molar-refractivity contribution in [2.45, 2.75) is 24.0 Å². The molecule has 4 amide bonds. The monoisotopic (exact) mass is 600 g/mol. The van der Waals surface area contributed by atoms with Gasteiger partial charge in [-0.25, -0.2) is 13.2 Å². The van der Waals surface area contributed by atoms with Gasteiger partial charge in [0.2, 0.25) is 11.8 Å². The number of carbonyl (C=O) groups is 3. The highest BCUT2D eigenvalue weighted by Gasteiger charge is 2.43. The largest absolute Gasteiger partial charge is 0.416 e. The minimum absolute atomic E-state index is 0.0203. The molecule has 1 fully saturated rings. The molecule has 218 valence electrons. The molecule has 4 rings (SSSR count). The van der Waals surface area contributed by atoms with Crippen LogP contribution in [0.25, 0.3) is 0 Å². The van der Waals surface area contributed by atoms with E-state index in [4.69, 9.17) is 0 Å². The Morgan fingerprint density at radius 1 is 1.12 bits per heavy atom. The van der Waals surface area contributed by atoms with Gasteiger partial charge in [0.1, 0.15) is 6.54 Å². The maximum atomic E-state index is 14.1. The summed E-state index contributed by atoms with van der Waals surface area (Å²) in [6, 6.07) is 8.74. The summed E-state index contributed by atoms with van der Waals surface area (Å²) in [4.78, 5) is 41.9. The van der Waals surface area contributed by atoms with E-state index in [1.807, 2.05) is 12.1 Å². The fourth-order valence-corrected chi connectivity index (χ4v) is 5.80. The number of amides is 4. The van der Waals surface area contributed by atoms with Gasteiger partial charge in [0, 0.05) is 25.0 Å². The lowest BCUT2D eigenvalue weighted by molar-refractivity contribution is -0.138. The molecule has 2 aromatic carbocycles. The fourth-order valence-electron chi connectivity index (χ4n) is 4.85. The fraction of sp³-hybridized carbons (Fsp3) is 0.296. The molecule has 15 heteroatoms. The maximum absolute atomic E-state index is 14.1. The highest BCUT2D eigenvalue weighted by Crippen LogP contribution is 2.42. The summed E-state index contributed by atoms with van der Waals surface area (Å²) in [6.07, 6.45) is -3.87. The highest BCUT2D eigenvalue weighted by molar-refractivity contribution is 7.90. The summed E-state index contributed by atoms with van der Waals surface area (Å²) in [5.74, 6) is -1.15. The lowest BCUT2D eigenvalue weighted by Gasteiger charge is -2.42. The zero-order valence-electron chi connectivity index (χ0n) is 22.3. The summed E-state index contributed by atoms with van der Waals surface area (Å²) in [6.45, 7) is 0.526. The Labute approximate surface area is 238 Å². The normalized spacial score (nSPS) is 18.0. The number of rotatable bonds is 5. The lowest BCUT2D eigenvalue weighted by atomic mass is 9.92. The van der Waals surface area contributed by atoms with Crippen LogP contribution in [0.1, 0.15) is 29.7 Å². The van der Waals surface area contributed by atoms with Crippen molar-refractivity contribution in [1.82, 2.24) is 15.1 Å². The van der Waals surface area contributed by atoms with Crippen LogP contribution < -0.4 is 10.2 Å². The number of anilines is 1. The first-order valence-corrected chi connectivity index (χ1v) is 14.2. The number of piperazine rings is 1. The van der Waals surface area contributed by atoms with Crippen LogP contribution in [0.15, 0.2) is 58.6 Å². The molecular weight excluding hydrogens is 577 g/mol. The Morgan fingerprint density at radius 2 is 1.83 bits per heavy atom. The summed E-state index contributed by atoms with van der Waals surface area (Å²) >= 11 is 0. The van der Waals surface area contributed by atoms with Gasteiger partial charge in [-0.1, -0.05) is 12.1 Å². The minimum atomic E-state index is -4.75. The van der Waals surface area contributed by atoms with E-state index >= 15 is 0 Å². The third-order valence-corrected chi connectivity index (χ3v) is 7.99. The van der Waals surface area contributed by atoms with E-state index in [1.165, 1.54) is 30.0 Å². The highest BCUT2D eigenvalue weighted by atomic mass is 32.2. The van der Waals surface area contributed by atoms with Gasteiger partial charge in [0.05, 0.1) is 52.0 Å². The van der Waals surface area contributed by atoms with E-state index in [-0.39, 0.29) is 52.6 Å². The van der Waals surface area contributed by atoms with Crippen LogP contribution in [-0.4, -0.2) is 68.5 Å². The molecule has 11 nitrogen and oxygen atoms in total. The van der Waals surface area contributed by atoms with Crippen molar-refractivity contribution in [3.8, 4) is 12.1 Å². The standard InChI is InChI=1S/C27H23F3N6O5S/c1-16-21(13-32)25(20-7-6-17(12-31)10-22(20)42(2,40)41)35(15-24(38)34-9-8-33-23(37)14-34)26(39)36(16)19-5-3-4-18(11-19)27(28,29)30/h3-7,10-11,25H,8-9,14-15H2,1-2H3,(H,33,37). The third kappa shape index (κ3) is 5.77. The second kappa shape index (κ2) is 11.2. The van der Waals surface area contributed by atoms with Crippen molar-refractivity contribution in [3.63, 3.8) is 0 Å². The maximum Gasteiger partial charge on any atom is 0.416 e. The van der Waals surface area contributed by atoms with Crippen molar-refractivity contribution >= 4 is 33.4 Å². The first-order valence-electron chi connectivity index (χ1n) is 12.3. The Bertz CT molecular complexity index is 1710. The molecule has 0 aliphatic carbocycles. The molecule has 1 atom stereocenters. The number of halogens is 3. The van der Waals surface area contributed by atoms with Gasteiger partial charge < -0.3 is 15.1 Å². The van der Waals surface area contributed by atoms with E-state index in [0.29, 0.717) is 0 Å². The Hall–Kier alpha value is -4.89. The predicted octanol–water partition coefficient (Wildman–Crippen LogP) is 2.72. The van der Waals surface area contributed by atoms with Crippen molar-refractivity contribution in [1.29, 1.82) is 10.5 Å². The summed E-state index contributed by atoms with van der Waals surface area (Å²) in [7, 11) is -4.06. The summed E-state index contributed by atoms with van der Waals surface area (Å²) < 4.78 is 66.2. The van der Waals surface area contributed by atoms with Gasteiger partial charge in [0.15, 0.2) is 9.84 Å². The van der Waals surface area contributed by atoms with Gasteiger partial charge in [-0.15, -0.1) is 0 Å². The number of nitrogens with zero attached hydrogens (tertiary/aromatic N) is 5. The van der Waals surface area contributed by atoms with E-state index in [0.717, 1.165) is 40.3 Å². The zero-order chi connectivity index (χ0) is 31.0. The smallest absolute Gasteiger partial charge is 0.353 e. The first kappa shape index (κ1) is 30.1. The Morgan fingerprint density at radius 3 is 2.43 bits per heavy atom. The molecule has 0 radical (unpaired) electrons. The second-order valence-corrected chi connectivity index (χ2v) is 11.6. The molecule has 0 spiro atoms. The molecule has 1 unspecified atom stereocenters. The van der Waals surface area contributed by atoms with Crippen LogP contribution in [0.4, 0.5) is 23.7 Å². The number of urea groups is 1. The van der Waals surface area contributed by atoms with Crippen molar-refractivity contribution in [2.75, 3.05) is 37.3 Å². The van der Waals surface area contributed by atoms with Crippen LogP contribution in [0.3, 0.4) is 0 Å². The average Bonchev–Trinajstić information content (AvgIpc) is 2.93. The van der Waals surface area contributed by atoms with E-state index in [9.17, 15) is 46.5 Å². The van der Waals surface area contributed by atoms with Gasteiger partial charge in [0.25, 0.3) is 0 Å². The van der Waals surface area contributed by atoms with Crippen LogP contribution in [0, 0.1) is 22.7 Å². The van der Waals surface area contributed by atoms with Crippen molar-refractivity contribution in [3.05, 3.63) is 70.4 Å². The number of hydrogen-bond acceptors (Lipinski definition) is 7. The number of sulfone groups is 1. The van der Waals surface area contributed by atoms with Crippen LogP contribution in [-0.2, 0) is 25.6 Å². The molecule has 0 aromatic heterocycles. The van der Waals surface area contributed by atoms with Gasteiger partial charge in [-0.3, -0.25) is 14.5 Å². The average molecular weight is 601 g/mol. The number of allylic oxidation sites excluding steroid dienone is 1. The van der Waals surface area contributed by atoms with E-state index in [1.54, 1.807) is 0 Å². The quantitative estimate of drug-likeness (QED) is 0.553. The lowest BCUT2D eigenvalue weighted by Crippen LogP contribution is -2.56. The number of nitrogens with one attached hydrogen (secondary N) is 1.